The van der Waals surface area contributed by atoms with Crippen LogP contribution in [0.3, 0.4) is 0 Å². The Kier molecular flexibility index (Phi) is 12.2. The van der Waals surface area contributed by atoms with Gasteiger partial charge in [-0.15, -0.1) is 13.2 Å². The lowest BCUT2D eigenvalue weighted by Gasteiger charge is -2.11. The normalized spacial score (nSPS) is 10.2. The van der Waals surface area contributed by atoms with E-state index >= 15 is 0 Å². The fraction of sp³-hybridized carbons (Fsp3) is 0.348. The molecule has 0 unspecified atom stereocenters. The molecular formula is C23H31F3N6O. The molecule has 0 aliphatic heterocycles. The van der Waals surface area contributed by atoms with Gasteiger partial charge in [0, 0.05) is 30.1 Å². The number of hydrogen-bond donors (Lipinski definition) is 3. The predicted octanol–water partition coefficient (Wildman–Crippen LogP) is 5.99. The van der Waals surface area contributed by atoms with E-state index < -0.39 is 6.36 Å². The molecule has 3 aromatic rings. The molecular weight excluding hydrogens is 433 g/mol. The largest absolute Gasteiger partial charge is 0.573 e. The third-order valence-corrected chi connectivity index (χ3v) is 3.77. The van der Waals surface area contributed by atoms with Gasteiger partial charge in [-0.3, -0.25) is 0 Å². The molecule has 0 amide bonds. The first-order valence-electron chi connectivity index (χ1n) is 10.8. The van der Waals surface area contributed by atoms with Crippen molar-refractivity contribution >= 4 is 17.3 Å². The molecule has 0 aliphatic rings. The summed E-state index contributed by atoms with van der Waals surface area (Å²) in [5.41, 5.74) is 7.56. The Hall–Kier alpha value is -3.40. The molecule has 0 bridgehead atoms. The van der Waals surface area contributed by atoms with E-state index in [1.54, 1.807) is 12.3 Å². The van der Waals surface area contributed by atoms with Crippen LogP contribution in [-0.4, -0.2) is 34.4 Å². The minimum atomic E-state index is -4.72. The number of nitrogens with one attached hydrogen (secondary N) is 2. The Morgan fingerprint density at radius 1 is 0.909 bits per heavy atom. The van der Waals surface area contributed by atoms with Crippen molar-refractivity contribution in [3.05, 3.63) is 55.0 Å². The summed E-state index contributed by atoms with van der Waals surface area (Å²) in [4.78, 5) is 12.7. The maximum Gasteiger partial charge on any atom is 0.573 e. The van der Waals surface area contributed by atoms with Gasteiger partial charge in [-0.2, -0.15) is 0 Å². The summed E-state index contributed by atoms with van der Waals surface area (Å²) in [5, 5.41) is 6.22. The monoisotopic (exact) mass is 464 g/mol. The van der Waals surface area contributed by atoms with E-state index in [-0.39, 0.29) is 5.75 Å². The molecule has 4 N–H and O–H groups in total. The number of halogens is 3. The minimum absolute atomic E-state index is 0.294. The van der Waals surface area contributed by atoms with Crippen LogP contribution >= 0.6 is 0 Å². The molecule has 0 atom stereocenters. The molecule has 0 saturated carbocycles. The van der Waals surface area contributed by atoms with E-state index in [9.17, 15) is 13.2 Å². The zero-order valence-corrected chi connectivity index (χ0v) is 19.3. The zero-order valence-electron chi connectivity index (χ0n) is 19.3. The van der Waals surface area contributed by atoms with Crippen LogP contribution in [0.2, 0.25) is 0 Å². The Morgan fingerprint density at radius 3 is 2.24 bits per heavy atom. The molecule has 7 nitrogen and oxygen atoms in total. The second-order valence-corrected chi connectivity index (χ2v) is 5.98. The first-order valence-corrected chi connectivity index (χ1v) is 10.8. The summed E-state index contributed by atoms with van der Waals surface area (Å²) < 4.78 is 40.6. The number of nitrogens with two attached hydrogens (primary N) is 1. The lowest BCUT2D eigenvalue weighted by molar-refractivity contribution is -0.274. The SMILES string of the molecule is CC.CC.NCCCNc1cc(-c2cc(Nc3ccc(OC(F)(F)F)cc3)ncn2)ccn1. The van der Waals surface area contributed by atoms with E-state index in [0.29, 0.717) is 29.6 Å². The highest BCUT2D eigenvalue weighted by molar-refractivity contribution is 5.67. The fourth-order valence-corrected chi connectivity index (χ4v) is 2.48. The van der Waals surface area contributed by atoms with Crippen LogP contribution in [0.4, 0.5) is 30.5 Å². The van der Waals surface area contributed by atoms with Crippen molar-refractivity contribution in [1.82, 2.24) is 15.0 Å². The molecule has 2 aromatic heterocycles. The third kappa shape index (κ3) is 10.2. The van der Waals surface area contributed by atoms with Gasteiger partial charge in [-0.25, -0.2) is 15.0 Å². The number of rotatable bonds is 8. The van der Waals surface area contributed by atoms with Crippen molar-refractivity contribution in [2.45, 2.75) is 40.5 Å². The van der Waals surface area contributed by atoms with E-state index in [4.69, 9.17) is 5.73 Å². The molecule has 0 aliphatic carbocycles. The molecule has 0 fully saturated rings. The van der Waals surface area contributed by atoms with Crippen molar-refractivity contribution < 1.29 is 17.9 Å². The standard InChI is InChI=1S/C19H19F3N6O.2C2H6/c20-19(21,22)29-15-4-2-14(3-5-15)28-18-11-16(26-12-27-18)13-6-9-25-17(10-13)24-8-1-7-23;2*1-2/h2-6,9-12H,1,7-8,23H2,(H,24,25)(H,26,27,28);2*1-2H3. The van der Waals surface area contributed by atoms with Gasteiger partial charge in [0.2, 0.25) is 0 Å². The van der Waals surface area contributed by atoms with Crippen LogP contribution in [-0.2, 0) is 0 Å². The Labute approximate surface area is 192 Å². The van der Waals surface area contributed by atoms with Crippen LogP contribution < -0.4 is 21.1 Å². The summed E-state index contributed by atoms with van der Waals surface area (Å²) in [7, 11) is 0. The first-order chi connectivity index (χ1) is 15.9. The number of nitrogens with zero attached hydrogens (tertiary/aromatic N) is 3. The summed E-state index contributed by atoms with van der Waals surface area (Å²) in [6.45, 7) is 9.31. The average Bonchev–Trinajstić information content (AvgIpc) is 2.83. The van der Waals surface area contributed by atoms with Crippen molar-refractivity contribution in [2.24, 2.45) is 5.73 Å². The van der Waals surface area contributed by atoms with Gasteiger partial charge in [0.15, 0.2) is 0 Å². The van der Waals surface area contributed by atoms with Crippen molar-refractivity contribution in [1.29, 1.82) is 0 Å². The highest BCUT2D eigenvalue weighted by Crippen LogP contribution is 2.26. The van der Waals surface area contributed by atoms with Gasteiger partial charge in [-0.1, -0.05) is 27.7 Å². The maximum absolute atomic E-state index is 12.2. The van der Waals surface area contributed by atoms with Crippen LogP contribution in [0, 0.1) is 0 Å². The van der Waals surface area contributed by atoms with Crippen LogP contribution in [0.25, 0.3) is 11.3 Å². The topological polar surface area (TPSA) is 98.0 Å². The average molecular weight is 465 g/mol. The predicted molar refractivity (Wildman–Crippen MR) is 127 cm³/mol. The smallest absolute Gasteiger partial charge is 0.406 e. The second kappa shape index (κ2) is 14.6. The van der Waals surface area contributed by atoms with Gasteiger partial charge in [0.05, 0.1) is 5.69 Å². The van der Waals surface area contributed by atoms with Crippen molar-refractivity contribution in [3.8, 4) is 17.0 Å². The summed E-state index contributed by atoms with van der Waals surface area (Å²) in [5.74, 6) is 0.913. The lowest BCUT2D eigenvalue weighted by Crippen LogP contribution is -2.16. The van der Waals surface area contributed by atoms with E-state index in [1.165, 1.54) is 30.6 Å². The van der Waals surface area contributed by atoms with Crippen LogP contribution in [0.15, 0.2) is 55.0 Å². The van der Waals surface area contributed by atoms with Crippen molar-refractivity contribution in [2.75, 3.05) is 23.7 Å². The molecule has 33 heavy (non-hydrogen) atoms. The van der Waals surface area contributed by atoms with Gasteiger partial charge < -0.3 is 21.1 Å². The highest BCUT2D eigenvalue weighted by Gasteiger charge is 2.30. The first kappa shape index (κ1) is 27.6. The minimum Gasteiger partial charge on any atom is -0.406 e. The zero-order chi connectivity index (χ0) is 24.7. The molecule has 0 spiro atoms. The second-order valence-electron chi connectivity index (χ2n) is 5.98. The number of benzene rings is 1. The Bertz CT molecular complexity index is 936. The molecule has 10 heteroatoms. The Balaban J connectivity index is 0.00000129. The Morgan fingerprint density at radius 2 is 1.61 bits per heavy atom. The highest BCUT2D eigenvalue weighted by atomic mass is 19.4. The van der Waals surface area contributed by atoms with Crippen LogP contribution in [0.5, 0.6) is 5.75 Å². The quantitative estimate of drug-likeness (QED) is 0.352. The number of pyridine rings is 1. The van der Waals surface area contributed by atoms with E-state index in [2.05, 4.69) is 30.3 Å². The van der Waals surface area contributed by atoms with E-state index in [0.717, 1.165) is 18.5 Å². The van der Waals surface area contributed by atoms with Gasteiger partial charge >= 0.3 is 6.36 Å². The molecule has 2 heterocycles. The molecule has 180 valence electrons. The third-order valence-electron chi connectivity index (χ3n) is 3.77. The molecule has 0 radical (unpaired) electrons. The van der Waals surface area contributed by atoms with Crippen LogP contribution in [0.1, 0.15) is 34.1 Å². The number of anilines is 3. The van der Waals surface area contributed by atoms with Gasteiger partial charge in [0.25, 0.3) is 0 Å². The summed E-state index contributed by atoms with van der Waals surface area (Å²) >= 11 is 0. The number of hydrogen-bond acceptors (Lipinski definition) is 7. The van der Waals surface area contributed by atoms with Gasteiger partial charge in [0.1, 0.15) is 23.7 Å². The number of ether oxygens (including phenoxy) is 1. The summed E-state index contributed by atoms with van der Waals surface area (Å²) in [6.07, 6.45) is -0.811. The van der Waals surface area contributed by atoms with Crippen molar-refractivity contribution in [3.63, 3.8) is 0 Å². The molecule has 3 rings (SSSR count). The summed E-state index contributed by atoms with van der Waals surface area (Å²) in [6, 6.07) is 10.8. The molecule has 1 aromatic carbocycles. The maximum atomic E-state index is 12.2. The molecule has 0 saturated heterocycles. The van der Waals surface area contributed by atoms with Gasteiger partial charge in [-0.05, 0) is 49.4 Å². The van der Waals surface area contributed by atoms with E-state index in [1.807, 2.05) is 39.8 Å². The fourth-order valence-electron chi connectivity index (χ4n) is 2.48. The number of aromatic nitrogens is 3. The lowest BCUT2D eigenvalue weighted by atomic mass is 10.2. The number of alkyl halides is 3.